The lowest BCUT2D eigenvalue weighted by molar-refractivity contribution is -0.0505. The Bertz CT molecular complexity index is 925. The summed E-state index contributed by atoms with van der Waals surface area (Å²) in [7, 11) is 5.39. The Morgan fingerprint density at radius 3 is 2.55 bits per heavy atom. The van der Waals surface area contributed by atoms with E-state index in [1.165, 1.54) is 18.2 Å². The van der Waals surface area contributed by atoms with Crippen molar-refractivity contribution in [2.75, 3.05) is 34.5 Å². The molecule has 0 aromatic heterocycles. The number of nitrogens with zero attached hydrogens (tertiary/aromatic N) is 2. The molecule has 168 valence electrons. The van der Waals surface area contributed by atoms with Gasteiger partial charge in [0.25, 0.3) is 0 Å². The van der Waals surface area contributed by atoms with Crippen molar-refractivity contribution in [2.45, 2.75) is 19.2 Å². The van der Waals surface area contributed by atoms with E-state index in [1.807, 2.05) is 25.1 Å². The fourth-order valence-corrected chi connectivity index (χ4v) is 3.21. The fraction of sp³-hybridized carbons (Fsp3) is 0.381. The van der Waals surface area contributed by atoms with Crippen molar-refractivity contribution >= 4 is 5.96 Å². The molecule has 1 atom stereocenters. The van der Waals surface area contributed by atoms with E-state index >= 15 is 0 Å². The van der Waals surface area contributed by atoms with E-state index in [4.69, 9.17) is 9.47 Å². The van der Waals surface area contributed by atoms with Crippen LogP contribution in [0.1, 0.15) is 17.2 Å². The van der Waals surface area contributed by atoms with Crippen molar-refractivity contribution in [1.82, 2.24) is 15.5 Å². The molecular weight excluding hydrogens is 413 g/mol. The first kappa shape index (κ1) is 22.5. The van der Waals surface area contributed by atoms with Gasteiger partial charge in [-0.1, -0.05) is 12.1 Å². The van der Waals surface area contributed by atoms with E-state index in [0.717, 1.165) is 5.56 Å². The maximum Gasteiger partial charge on any atom is 0.387 e. The van der Waals surface area contributed by atoms with Gasteiger partial charge < -0.3 is 29.7 Å². The first-order chi connectivity index (χ1) is 14.9. The smallest absolute Gasteiger partial charge is 0.387 e. The molecule has 31 heavy (non-hydrogen) atoms. The molecule has 0 saturated heterocycles. The normalized spacial score (nSPS) is 14.1. The topological polar surface area (TPSA) is 67.4 Å². The molecule has 1 aliphatic heterocycles. The van der Waals surface area contributed by atoms with Crippen molar-refractivity contribution < 1.29 is 27.4 Å². The number of aliphatic imine (C=N–C) groups is 1. The molecule has 7 nitrogen and oxygen atoms in total. The van der Waals surface area contributed by atoms with Gasteiger partial charge in [-0.25, -0.2) is 4.39 Å². The summed E-state index contributed by atoms with van der Waals surface area (Å²) in [5, 5.41) is 6.25. The molecule has 1 unspecified atom stereocenters. The van der Waals surface area contributed by atoms with Gasteiger partial charge in [-0.3, -0.25) is 4.99 Å². The zero-order valence-corrected chi connectivity index (χ0v) is 17.5. The minimum Gasteiger partial charge on any atom is -0.454 e. The highest BCUT2D eigenvalue weighted by Gasteiger charge is 2.20. The monoisotopic (exact) mass is 438 g/mol. The second-order valence-electron chi connectivity index (χ2n) is 7.03. The quantitative estimate of drug-likeness (QED) is 0.488. The minimum absolute atomic E-state index is 0.00636. The molecule has 2 aromatic carbocycles. The van der Waals surface area contributed by atoms with Gasteiger partial charge in [0.1, 0.15) is 11.6 Å². The molecule has 3 rings (SSSR count). The van der Waals surface area contributed by atoms with Crippen molar-refractivity contribution in [2.24, 2.45) is 4.99 Å². The number of likely N-dealkylation sites (N-methyl/N-ethyl adjacent to an activating group) is 1. The van der Waals surface area contributed by atoms with Crippen LogP contribution in [0.15, 0.2) is 41.4 Å². The fourth-order valence-electron chi connectivity index (χ4n) is 3.21. The van der Waals surface area contributed by atoms with Gasteiger partial charge in [0.15, 0.2) is 17.5 Å². The summed E-state index contributed by atoms with van der Waals surface area (Å²) < 4.78 is 54.4. The predicted molar refractivity (Wildman–Crippen MR) is 110 cm³/mol. The van der Waals surface area contributed by atoms with Gasteiger partial charge in [0, 0.05) is 31.8 Å². The maximum absolute atomic E-state index is 13.6. The lowest BCUT2D eigenvalue weighted by atomic mass is 10.1. The van der Waals surface area contributed by atoms with E-state index in [1.54, 1.807) is 19.2 Å². The lowest BCUT2D eigenvalue weighted by Gasteiger charge is -2.26. The summed E-state index contributed by atoms with van der Waals surface area (Å²) in [6, 6.07) is 9.27. The van der Waals surface area contributed by atoms with Crippen molar-refractivity contribution in [3.63, 3.8) is 0 Å². The van der Waals surface area contributed by atoms with E-state index in [-0.39, 0.29) is 30.9 Å². The number of halogens is 3. The van der Waals surface area contributed by atoms with E-state index in [0.29, 0.717) is 29.6 Å². The number of hydrogen-bond donors (Lipinski definition) is 2. The third kappa shape index (κ3) is 5.94. The van der Waals surface area contributed by atoms with Gasteiger partial charge in [0.2, 0.25) is 6.79 Å². The van der Waals surface area contributed by atoms with Crippen LogP contribution >= 0.6 is 0 Å². The van der Waals surface area contributed by atoms with E-state index in [2.05, 4.69) is 20.4 Å². The molecule has 1 aliphatic rings. The zero-order chi connectivity index (χ0) is 22.4. The second-order valence-corrected chi connectivity index (χ2v) is 7.03. The van der Waals surface area contributed by atoms with Gasteiger partial charge in [-0.15, -0.1) is 0 Å². The van der Waals surface area contributed by atoms with Gasteiger partial charge in [-0.05, 0) is 37.9 Å². The van der Waals surface area contributed by atoms with Crippen LogP contribution in [-0.2, 0) is 6.54 Å². The van der Waals surface area contributed by atoms with Crippen LogP contribution in [0, 0.1) is 5.82 Å². The van der Waals surface area contributed by atoms with Gasteiger partial charge >= 0.3 is 6.61 Å². The third-order valence-electron chi connectivity index (χ3n) is 4.76. The molecule has 0 spiro atoms. The standard InChI is InChI=1S/C21H25F3N4O3/c1-25-21(27-11-16(28(2)3)13-5-4-6-15(22)7-13)26-10-14-8-18-19(30-12-29-18)9-17(14)31-20(23)24/h4-9,16,20H,10-12H2,1-3H3,(H2,25,26,27). The van der Waals surface area contributed by atoms with Crippen LogP contribution in [0.2, 0.25) is 0 Å². The highest BCUT2D eigenvalue weighted by Crippen LogP contribution is 2.38. The molecule has 2 N–H and O–H groups in total. The number of nitrogens with one attached hydrogen (secondary N) is 2. The molecule has 1 heterocycles. The lowest BCUT2D eigenvalue weighted by Crippen LogP contribution is -2.41. The Morgan fingerprint density at radius 2 is 1.90 bits per heavy atom. The molecule has 0 amide bonds. The summed E-state index contributed by atoms with van der Waals surface area (Å²) >= 11 is 0. The summed E-state index contributed by atoms with van der Waals surface area (Å²) in [6.07, 6.45) is 0. The second kappa shape index (κ2) is 10.3. The Hall–Kier alpha value is -3.14. The number of fused-ring (bicyclic) bond motifs is 1. The average molecular weight is 438 g/mol. The summed E-state index contributed by atoms with van der Waals surface area (Å²) in [6.45, 7) is -2.35. The number of ether oxygens (including phenoxy) is 3. The molecule has 0 saturated carbocycles. The summed E-state index contributed by atoms with van der Waals surface area (Å²) in [5.74, 6) is 0.948. The van der Waals surface area contributed by atoms with Crippen molar-refractivity contribution in [3.05, 3.63) is 53.3 Å². The Kier molecular flexibility index (Phi) is 7.45. The highest BCUT2D eigenvalue weighted by atomic mass is 19.3. The van der Waals surface area contributed by atoms with Crippen LogP contribution in [0.4, 0.5) is 13.2 Å². The van der Waals surface area contributed by atoms with Crippen LogP contribution in [0.25, 0.3) is 0 Å². The van der Waals surface area contributed by atoms with Crippen molar-refractivity contribution in [1.29, 1.82) is 0 Å². The number of alkyl halides is 2. The molecule has 0 aliphatic carbocycles. The van der Waals surface area contributed by atoms with Crippen LogP contribution in [-0.4, -0.2) is 52.0 Å². The number of guanidine groups is 1. The van der Waals surface area contributed by atoms with Gasteiger partial charge in [-0.2, -0.15) is 8.78 Å². The largest absolute Gasteiger partial charge is 0.454 e. The number of benzene rings is 2. The van der Waals surface area contributed by atoms with E-state index < -0.39 is 6.61 Å². The first-order valence-corrected chi connectivity index (χ1v) is 9.61. The molecular formula is C21H25F3N4O3. The predicted octanol–water partition coefficient (Wildman–Crippen LogP) is 3.12. The van der Waals surface area contributed by atoms with E-state index in [9.17, 15) is 13.2 Å². The Morgan fingerprint density at radius 1 is 1.16 bits per heavy atom. The Labute approximate surface area is 178 Å². The third-order valence-corrected chi connectivity index (χ3v) is 4.76. The first-order valence-electron chi connectivity index (χ1n) is 9.61. The number of hydrogen-bond acceptors (Lipinski definition) is 5. The molecule has 0 bridgehead atoms. The highest BCUT2D eigenvalue weighted by molar-refractivity contribution is 5.79. The summed E-state index contributed by atoms with van der Waals surface area (Å²) in [5.41, 5.74) is 1.28. The summed E-state index contributed by atoms with van der Waals surface area (Å²) in [4.78, 5) is 6.13. The minimum atomic E-state index is -2.97. The van der Waals surface area contributed by atoms with Crippen molar-refractivity contribution in [3.8, 4) is 17.2 Å². The van der Waals surface area contributed by atoms with Crippen LogP contribution in [0.3, 0.4) is 0 Å². The van der Waals surface area contributed by atoms with Gasteiger partial charge in [0.05, 0.1) is 6.04 Å². The molecule has 0 fully saturated rings. The zero-order valence-electron chi connectivity index (χ0n) is 17.5. The van der Waals surface area contributed by atoms with Crippen LogP contribution < -0.4 is 24.8 Å². The molecule has 2 aromatic rings. The molecule has 10 heteroatoms. The van der Waals surface area contributed by atoms with Crippen LogP contribution in [0.5, 0.6) is 17.2 Å². The maximum atomic E-state index is 13.6. The SMILES string of the molecule is CN=C(NCc1cc2c(cc1OC(F)F)OCO2)NCC(c1cccc(F)c1)N(C)C. The Balaban J connectivity index is 1.66. The number of rotatable bonds is 8. The molecule has 0 radical (unpaired) electrons. The average Bonchev–Trinajstić information content (AvgIpc) is 3.17.